The van der Waals surface area contributed by atoms with Crippen LogP contribution in [0.4, 0.5) is 13.2 Å². The fourth-order valence-electron chi connectivity index (χ4n) is 1.19. The quantitative estimate of drug-likeness (QED) is 0.728. The van der Waals surface area contributed by atoms with Crippen LogP contribution in [-0.4, -0.2) is 9.97 Å². The van der Waals surface area contributed by atoms with Gasteiger partial charge in [-0.25, -0.2) is 9.97 Å². The minimum Gasteiger partial charge on any atom is -0.307 e. The molecule has 0 aromatic carbocycles. The summed E-state index contributed by atoms with van der Waals surface area (Å²) >= 11 is 0. The number of halogens is 4. The standard InChI is InChI=1S/C7H6F3N3.ClH/c8-7(9,10)6-12-2-4-1-11-3-5(4)13-6;/h2,11H,1,3H2;1H. The third-order valence-electron chi connectivity index (χ3n) is 1.82. The number of hydrogen-bond acceptors (Lipinski definition) is 3. The maximum Gasteiger partial charge on any atom is 0.451 e. The van der Waals surface area contributed by atoms with Gasteiger partial charge in [0.05, 0.1) is 5.69 Å². The summed E-state index contributed by atoms with van der Waals surface area (Å²) in [6.07, 6.45) is -3.22. The molecule has 2 heterocycles. The molecule has 0 saturated carbocycles. The molecule has 2 rings (SSSR count). The number of aromatic nitrogens is 2. The van der Waals surface area contributed by atoms with Gasteiger partial charge in [0.1, 0.15) is 0 Å². The van der Waals surface area contributed by atoms with E-state index in [9.17, 15) is 13.2 Å². The lowest BCUT2D eigenvalue weighted by Gasteiger charge is -2.05. The van der Waals surface area contributed by atoms with Crippen molar-refractivity contribution in [2.24, 2.45) is 0 Å². The van der Waals surface area contributed by atoms with Crippen LogP contribution >= 0.6 is 12.4 Å². The fourth-order valence-corrected chi connectivity index (χ4v) is 1.19. The van der Waals surface area contributed by atoms with E-state index in [4.69, 9.17) is 0 Å². The van der Waals surface area contributed by atoms with Gasteiger partial charge < -0.3 is 5.32 Å². The molecule has 0 saturated heterocycles. The molecule has 0 spiro atoms. The largest absolute Gasteiger partial charge is 0.451 e. The van der Waals surface area contributed by atoms with Gasteiger partial charge in [0, 0.05) is 24.8 Å². The summed E-state index contributed by atoms with van der Waals surface area (Å²) in [4.78, 5) is 6.67. The van der Waals surface area contributed by atoms with E-state index in [0.717, 1.165) is 5.56 Å². The molecule has 3 nitrogen and oxygen atoms in total. The summed E-state index contributed by atoms with van der Waals surface area (Å²) in [5, 5.41) is 2.90. The second-order valence-corrected chi connectivity index (χ2v) is 2.77. The Morgan fingerprint density at radius 1 is 1.29 bits per heavy atom. The van der Waals surface area contributed by atoms with Gasteiger partial charge in [-0.2, -0.15) is 13.2 Å². The van der Waals surface area contributed by atoms with Gasteiger partial charge in [-0.15, -0.1) is 12.4 Å². The van der Waals surface area contributed by atoms with Gasteiger partial charge in [-0.3, -0.25) is 0 Å². The van der Waals surface area contributed by atoms with Crippen LogP contribution in [0.25, 0.3) is 0 Å². The van der Waals surface area contributed by atoms with Gasteiger partial charge in [-0.1, -0.05) is 0 Å². The Morgan fingerprint density at radius 2 is 2.00 bits per heavy atom. The van der Waals surface area contributed by atoms with Crippen molar-refractivity contribution in [3.63, 3.8) is 0 Å². The van der Waals surface area contributed by atoms with Crippen molar-refractivity contribution < 1.29 is 13.2 Å². The van der Waals surface area contributed by atoms with Gasteiger partial charge in [0.25, 0.3) is 0 Å². The lowest BCUT2D eigenvalue weighted by molar-refractivity contribution is -0.145. The topological polar surface area (TPSA) is 37.8 Å². The molecule has 0 atom stereocenters. The number of rotatable bonds is 0. The normalized spacial score (nSPS) is 14.8. The van der Waals surface area contributed by atoms with Crippen molar-refractivity contribution >= 4 is 12.4 Å². The zero-order valence-corrected chi connectivity index (χ0v) is 7.74. The molecular formula is C7H7ClF3N3. The summed E-state index contributed by atoms with van der Waals surface area (Å²) in [6.45, 7) is 0.939. The van der Waals surface area contributed by atoms with Crippen LogP contribution in [0.1, 0.15) is 17.1 Å². The van der Waals surface area contributed by atoms with Gasteiger partial charge >= 0.3 is 6.18 Å². The second-order valence-electron chi connectivity index (χ2n) is 2.77. The van der Waals surface area contributed by atoms with E-state index >= 15 is 0 Å². The highest BCUT2D eigenvalue weighted by Crippen LogP contribution is 2.26. The highest BCUT2D eigenvalue weighted by Gasteiger charge is 2.35. The summed E-state index contributed by atoms with van der Waals surface area (Å²) in [5.41, 5.74) is 1.19. The van der Waals surface area contributed by atoms with E-state index in [1.54, 1.807) is 0 Å². The Bertz CT molecular complexity index is 339. The Kier molecular flexibility index (Phi) is 2.96. The molecule has 0 radical (unpaired) electrons. The highest BCUT2D eigenvalue weighted by atomic mass is 35.5. The molecule has 0 fully saturated rings. The predicted octanol–water partition coefficient (Wildman–Crippen LogP) is 1.52. The molecule has 0 bridgehead atoms. The van der Waals surface area contributed by atoms with Gasteiger partial charge in [0.2, 0.25) is 5.82 Å². The SMILES string of the molecule is Cl.FC(F)(F)c1ncc2c(n1)CNC2. The molecule has 0 aliphatic carbocycles. The molecule has 14 heavy (non-hydrogen) atoms. The molecule has 1 aromatic heterocycles. The molecule has 78 valence electrons. The molecule has 0 amide bonds. The van der Waals surface area contributed by atoms with E-state index in [2.05, 4.69) is 15.3 Å². The first-order chi connectivity index (χ1) is 6.07. The molecule has 1 aromatic rings. The van der Waals surface area contributed by atoms with Crippen molar-refractivity contribution in [2.75, 3.05) is 0 Å². The number of fused-ring (bicyclic) bond motifs is 1. The van der Waals surface area contributed by atoms with E-state index in [1.807, 2.05) is 0 Å². The second kappa shape index (κ2) is 3.70. The molecule has 7 heteroatoms. The Hall–Kier alpha value is -0.880. The Balaban J connectivity index is 0.000000980. The highest BCUT2D eigenvalue weighted by molar-refractivity contribution is 5.85. The van der Waals surface area contributed by atoms with Crippen LogP contribution in [0, 0.1) is 0 Å². The molecule has 1 aliphatic rings. The number of hydrogen-bond donors (Lipinski definition) is 1. The van der Waals surface area contributed by atoms with Gasteiger partial charge in [-0.05, 0) is 0 Å². The van der Waals surface area contributed by atoms with Crippen molar-refractivity contribution in [3.05, 3.63) is 23.3 Å². The summed E-state index contributed by atoms with van der Waals surface area (Å²) in [7, 11) is 0. The predicted molar refractivity (Wildman–Crippen MR) is 44.8 cm³/mol. The summed E-state index contributed by atoms with van der Waals surface area (Å²) in [5.74, 6) is -1.06. The van der Waals surface area contributed by atoms with Crippen molar-refractivity contribution in [1.29, 1.82) is 0 Å². The Morgan fingerprint density at radius 3 is 2.64 bits per heavy atom. The smallest absolute Gasteiger partial charge is 0.307 e. The van der Waals surface area contributed by atoms with Crippen LogP contribution in [-0.2, 0) is 19.3 Å². The van der Waals surface area contributed by atoms with Gasteiger partial charge in [0.15, 0.2) is 0 Å². The van der Waals surface area contributed by atoms with E-state index in [0.29, 0.717) is 18.8 Å². The third kappa shape index (κ3) is 1.96. The van der Waals surface area contributed by atoms with Crippen LogP contribution in [0.5, 0.6) is 0 Å². The van der Waals surface area contributed by atoms with Crippen LogP contribution in [0.15, 0.2) is 6.20 Å². The van der Waals surface area contributed by atoms with Crippen LogP contribution in [0.3, 0.4) is 0 Å². The van der Waals surface area contributed by atoms with E-state index in [-0.39, 0.29) is 12.4 Å². The summed E-state index contributed by atoms with van der Waals surface area (Å²) < 4.78 is 36.3. The van der Waals surface area contributed by atoms with Crippen LogP contribution < -0.4 is 5.32 Å². The zero-order chi connectivity index (χ0) is 9.47. The minimum absolute atomic E-state index is 0. The third-order valence-corrected chi connectivity index (χ3v) is 1.82. The number of nitrogens with one attached hydrogen (secondary N) is 1. The van der Waals surface area contributed by atoms with E-state index < -0.39 is 12.0 Å². The monoisotopic (exact) mass is 225 g/mol. The fraction of sp³-hybridized carbons (Fsp3) is 0.429. The first-order valence-electron chi connectivity index (χ1n) is 3.70. The summed E-state index contributed by atoms with van der Waals surface area (Å²) in [6, 6.07) is 0. The average Bonchev–Trinajstić information content (AvgIpc) is 2.47. The minimum atomic E-state index is -4.45. The maximum absolute atomic E-state index is 12.1. The molecule has 0 unspecified atom stereocenters. The lowest BCUT2D eigenvalue weighted by atomic mass is 10.3. The number of alkyl halides is 3. The Labute approximate surface area is 84.2 Å². The van der Waals surface area contributed by atoms with Crippen molar-refractivity contribution in [2.45, 2.75) is 19.3 Å². The van der Waals surface area contributed by atoms with Crippen molar-refractivity contribution in [1.82, 2.24) is 15.3 Å². The maximum atomic E-state index is 12.1. The van der Waals surface area contributed by atoms with E-state index in [1.165, 1.54) is 6.20 Å². The number of nitrogens with zero attached hydrogens (tertiary/aromatic N) is 2. The molecular weight excluding hydrogens is 219 g/mol. The zero-order valence-electron chi connectivity index (χ0n) is 6.93. The molecule has 1 aliphatic heterocycles. The molecule has 1 N–H and O–H groups in total. The first kappa shape index (κ1) is 11.2. The lowest BCUT2D eigenvalue weighted by Crippen LogP contribution is -2.12. The average molecular weight is 226 g/mol. The first-order valence-corrected chi connectivity index (χ1v) is 3.70. The van der Waals surface area contributed by atoms with Crippen LogP contribution in [0.2, 0.25) is 0 Å². The van der Waals surface area contributed by atoms with Crippen molar-refractivity contribution in [3.8, 4) is 0 Å².